The van der Waals surface area contributed by atoms with Gasteiger partial charge in [-0.05, 0) is 38.2 Å². The Kier molecular flexibility index (Phi) is 5.05. The zero-order valence-corrected chi connectivity index (χ0v) is 15.3. The number of hydrogen-bond acceptors (Lipinski definition) is 3. The van der Waals surface area contributed by atoms with E-state index in [-0.39, 0.29) is 17.9 Å². The van der Waals surface area contributed by atoms with E-state index in [2.05, 4.69) is 21.4 Å². The molecule has 0 aliphatic heterocycles. The van der Waals surface area contributed by atoms with Gasteiger partial charge in [0.1, 0.15) is 11.0 Å². The lowest BCUT2D eigenvalue weighted by Crippen LogP contribution is -2.28. The van der Waals surface area contributed by atoms with Crippen molar-refractivity contribution in [1.29, 1.82) is 0 Å². The van der Waals surface area contributed by atoms with Gasteiger partial charge < -0.3 is 10.3 Å². The number of benzene rings is 1. The van der Waals surface area contributed by atoms with Gasteiger partial charge in [-0.25, -0.2) is 4.98 Å². The summed E-state index contributed by atoms with van der Waals surface area (Å²) in [5.74, 6) is -0.0324. The third kappa shape index (κ3) is 3.79. The number of rotatable bonds is 6. The van der Waals surface area contributed by atoms with E-state index in [9.17, 15) is 9.59 Å². The number of nitrogens with zero attached hydrogens (tertiary/aromatic N) is 2. The van der Waals surface area contributed by atoms with Crippen molar-refractivity contribution in [2.45, 2.75) is 45.1 Å². The van der Waals surface area contributed by atoms with Crippen molar-refractivity contribution >= 4 is 27.8 Å². The van der Waals surface area contributed by atoms with E-state index in [0.717, 1.165) is 30.2 Å². The maximum atomic E-state index is 12.7. The molecule has 4 rings (SSSR count). The largest absolute Gasteiger partial charge is 0.356 e. The van der Waals surface area contributed by atoms with E-state index in [1.54, 1.807) is 0 Å². The standard InChI is InChI=1S/C21H24N4O2/c26-18(22-12-10-15-6-2-1-3-7-15)11-13-25-14-23-19-16-8-4-5-9-17(16)24-20(19)21(25)27/h4-6,8-9,14,24H,1-3,7,10-13H2,(H,22,26). The number of carbonyl (C=O) groups is 1. The minimum atomic E-state index is -0.142. The number of fused-ring (bicyclic) bond motifs is 3. The Morgan fingerprint density at radius 1 is 1.26 bits per heavy atom. The maximum absolute atomic E-state index is 12.7. The highest BCUT2D eigenvalue weighted by atomic mass is 16.1. The van der Waals surface area contributed by atoms with E-state index in [1.165, 1.54) is 29.3 Å². The van der Waals surface area contributed by atoms with Crippen LogP contribution in [0, 0.1) is 0 Å². The van der Waals surface area contributed by atoms with Crippen LogP contribution < -0.4 is 10.9 Å². The van der Waals surface area contributed by atoms with Gasteiger partial charge in [-0.3, -0.25) is 14.2 Å². The molecule has 1 aromatic carbocycles. The van der Waals surface area contributed by atoms with Crippen molar-refractivity contribution in [3.8, 4) is 0 Å². The van der Waals surface area contributed by atoms with Crippen molar-refractivity contribution in [2.75, 3.05) is 6.54 Å². The molecule has 0 saturated heterocycles. The van der Waals surface area contributed by atoms with Crippen LogP contribution in [0.2, 0.25) is 0 Å². The van der Waals surface area contributed by atoms with Gasteiger partial charge in [-0.15, -0.1) is 0 Å². The quantitative estimate of drug-likeness (QED) is 0.659. The van der Waals surface area contributed by atoms with Gasteiger partial charge in [0.25, 0.3) is 5.56 Å². The van der Waals surface area contributed by atoms with Crippen molar-refractivity contribution < 1.29 is 4.79 Å². The molecule has 0 saturated carbocycles. The predicted octanol–water partition coefficient (Wildman–Crippen LogP) is 3.27. The Morgan fingerprint density at radius 3 is 3.00 bits per heavy atom. The summed E-state index contributed by atoms with van der Waals surface area (Å²) in [6, 6.07) is 7.72. The van der Waals surface area contributed by atoms with Gasteiger partial charge in [-0.2, -0.15) is 0 Å². The molecule has 0 radical (unpaired) electrons. The fourth-order valence-electron chi connectivity index (χ4n) is 3.70. The number of carbonyl (C=O) groups excluding carboxylic acids is 1. The van der Waals surface area contributed by atoms with Crippen LogP contribution in [0.5, 0.6) is 0 Å². The molecule has 1 amide bonds. The molecule has 6 heteroatoms. The number of H-pyrrole nitrogens is 1. The van der Waals surface area contributed by atoms with Gasteiger partial charge in [0.15, 0.2) is 0 Å². The van der Waals surface area contributed by atoms with Crippen LogP contribution in [0.15, 0.2) is 47.0 Å². The second kappa shape index (κ2) is 7.78. The van der Waals surface area contributed by atoms with Crippen LogP contribution in [0.1, 0.15) is 38.5 Å². The molecule has 0 atom stereocenters. The zero-order valence-electron chi connectivity index (χ0n) is 15.3. The molecule has 1 aliphatic carbocycles. The van der Waals surface area contributed by atoms with Crippen molar-refractivity contribution in [2.24, 2.45) is 0 Å². The number of nitrogens with one attached hydrogen (secondary N) is 2. The molecule has 1 aliphatic rings. The van der Waals surface area contributed by atoms with Gasteiger partial charge in [0, 0.05) is 30.4 Å². The minimum Gasteiger partial charge on any atom is -0.356 e. The molecule has 0 fully saturated rings. The maximum Gasteiger partial charge on any atom is 0.277 e. The first-order valence-electron chi connectivity index (χ1n) is 9.63. The van der Waals surface area contributed by atoms with E-state index in [4.69, 9.17) is 0 Å². The molecule has 140 valence electrons. The Balaban J connectivity index is 1.37. The first kappa shape index (κ1) is 17.5. The second-order valence-electron chi connectivity index (χ2n) is 7.10. The second-order valence-corrected chi connectivity index (χ2v) is 7.10. The highest BCUT2D eigenvalue weighted by Gasteiger charge is 2.11. The molecular weight excluding hydrogens is 340 g/mol. The summed E-state index contributed by atoms with van der Waals surface area (Å²) < 4.78 is 1.50. The summed E-state index contributed by atoms with van der Waals surface area (Å²) >= 11 is 0. The SMILES string of the molecule is O=C(CCn1cnc2c([nH]c3ccccc32)c1=O)NCCC1=CCCCC1. The molecule has 2 N–H and O–H groups in total. The molecule has 3 aromatic rings. The fourth-order valence-corrected chi connectivity index (χ4v) is 3.70. The van der Waals surface area contributed by atoms with Crippen molar-refractivity contribution in [3.63, 3.8) is 0 Å². The summed E-state index contributed by atoms with van der Waals surface area (Å²) in [5.41, 5.74) is 3.37. The third-order valence-corrected chi connectivity index (χ3v) is 5.21. The Labute approximate surface area is 157 Å². The number of aromatic nitrogens is 3. The van der Waals surface area contributed by atoms with Gasteiger partial charge >= 0.3 is 0 Å². The lowest BCUT2D eigenvalue weighted by atomic mass is 9.97. The number of hydrogen-bond donors (Lipinski definition) is 2. The summed E-state index contributed by atoms with van der Waals surface area (Å²) in [4.78, 5) is 32.3. The van der Waals surface area contributed by atoms with Crippen LogP contribution in [0.25, 0.3) is 21.9 Å². The molecule has 27 heavy (non-hydrogen) atoms. The van der Waals surface area contributed by atoms with Crippen LogP contribution in [0.3, 0.4) is 0 Å². The lowest BCUT2D eigenvalue weighted by molar-refractivity contribution is -0.121. The highest BCUT2D eigenvalue weighted by Crippen LogP contribution is 2.21. The first-order valence-corrected chi connectivity index (χ1v) is 9.63. The summed E-state index contributed by atoms with van der Waals surface area (Å²) in [5, 5.41) is 3.89. The smallest absolute Gasteiger partial charge is 0.277 e. The monoisotopic (exact) mass is 364 g/mol. The van der Waals surface area contributed by atoms with Gasteiger partial charge in [0.05, 0.1) is 6.33 Å². The predicted molar refractivity (Wildman–Crippen MR) is 107 cm³/mol. The van der Waals surface area contributed by atoms with E-state index in [0.29, 0.717) is 24.1 Å². The number of allylic oxidation sites excluding steroid dienone is 1. The van der Waals surface area contributed by atoms with Crippen LogP contribution in [0.4, 0.5) is 0 Å². The third-order valence-electron chi connectivity index (χ3n) is 5.21. The molecule has 0 unspecified atom stereocenters. The number of aromatic amines is 1. The molecule has 0 bridgehead atoms. The van der Waals surface area contributed by atoms with Crippen LogP contribution in [-0.4, -0.2) is 27.0 Å². The molecule has 2 aromatic heterocycles. The van der Waals surface area contributed by atoms with Crippen LogP contribution >= 0.6 is 0 Å². The Bertz CT molecular complexity index is 1060. The molecule has 6 nitrogen and oxygen atoms in total. The van der Waals surface area contributed by atoms with Gasteiger partial charge in [-0.1, -0.05) is 29.8 Å². The van der Waals surface area contributed by atoms with E-state index >= 15 is 0 Å². The van der Waals surface area contributed by atoms with Crippen molar-refractivity contribution in [3.05, 3.63) is 52.6 Å². The fraction of sp³-hybridized carbons (Fsp3) is 0.381. The Morgan fingerprint density at radius 2 is 2.15 bits per heavy atom. The summed E-state index contributed by atoms with van der Waals surface area (Å²) in [6.07, 6.45) is 9.88. The van der Waals surface area contributed by atoms with Crippen LogP contribution in [-0.2, 0) is 11.3 Å². The van der Waals surface area contributed by atoms with Crippen molar-refractivity contribution in [1.82, 2.24) is 19.9 Å². The molecular formula is C21H24N4O2. The van der Waals surface area contributed by atoms with Gasteiger partial charge in [0.2, 0.25) is 5.91 Å². The molecule has 0 spiro atoms. The molecule has 2 heterocycles. The topological polar surface area (TPSA) is 79.8 Å². The zero-order chi connectivity index (χ0) is 18.6. The summed E-state index contributed by atoms with van der Waals surface area (Å²) in [6.45, 7) is 0.991. The first-order chi connectivity index (χ1) is 13.2. The van der Waals surface area contributed by atoms with E-state index in [1.807, 2.05) is 24.3 Å². The average Bonchev–Trinajstić information content (AvgIpc) is 3.08. The van der Waals surface area contributed by atoms with E-state index < -0.39 is 0 Å². The minimum absolute atomic E-state index is 0.0324. The number of amides is 1. The lowest BCUT2D eigenvalue weighted by Gasteiger charge is -2.13. The average molecular weight is 364 g/mol. The number of para-hydroxylation sites is 1. The summed E-state index contributed by atoms with van der Waals surface area (Å²) in [7, 11) is 0. The number of aryl methyl sites for hydroxylation is 1. The highest BCUT2D eigenvalue weighted by molar-refractivity contribution is 6.04. The normalized spacial score (nSPS) is 14.4. The Hall–Kier alpha value is -2.89.